The van der Waals surface area contributed by atoms with Gasteiger partial charge in [-0.25, -0.2) is 4.68 Å². The third kappa shape index (κ3) is 1.56. The molecule has 0 unspecified atom stereocenters. The maximum atomic E-state index is 8.56. The highest BCUT2D eigenvalue weighted by atomic mass is 16.4. The number of aromatic nitrogens is 2. The summed E-state index contributed by atoms with van der Waals surface area (Å²) in [5.41, 5.74) is 12.5. The van der Waals surface area contributed by atoms with E-state index in [2.05, 4.69) is 10.3 Å². The van der Waals surface area contributed by atoms with Crippen LogP contribution in [-0.4, -0.2) is 20.8 Å². The highest BCUT2D eigenvalue weighted by molar-refractivity contribution is 6.00. The van der Waals surface area contributed by atoms with Gasteiger partial charge >= 0.3 is 0 Å². The minimum Gasteiger partial charge on any atom is -0.409 e. The molecule has 5 N–H and O–H groups in total. The minimum absolute atomic E-state index is 0.0559. The summed E-state index contributed by atoms with van der Waals surface area (Å²) < 4.78 is 1.52. The van der Waals surface area contributed by atoms with Crippen LogP contribution < -0.4 is 11.5 Å². The number of benzene rings is 1. The van der Waals surface area contributed by atoms with Crippen LogP contribution in [0.25, 0.3) is 5.69 Å². The van der Waals surface area contributed by atoms with E-state index in [-0.39, 0.29) is 5.84 Å². The SMILES string of the molecule is NC(=NO)c1cnn(-c2ccccc2)c1N. The van der Waals surface area contributed by atoms with Crippen LogP contribution in [0, 0.1) is 0 Å². The third-order valence-corrected chi connectivity index (χ3v) is 2.19. The molecule has 2 rings (SSSR count). The van der Waals surface area contributed by atoms with Gasteiger partial charge in [0.2, 0.25) is 0 Å². The van der Waals surface area contributed by atoms with Crippen molar-refractivity contribution in [2.45, 2.75) is 0 Å². The van der Waals surface area contributed by atoms with Crippen molar-refractivity contribution in [3.05, 3.63) is 42.1 Å². The lowest BCUT2D eigenvalue weighted by molar-refractivity contribution is 0.318. The van der Waals surface area contributed by atoms with Gasteiger partial charge in [-0.15, -0.1) is 0 Å². The molecule has 1 heterocycles. The van der Waals surface area contributed by atoms with E-state index in [0.29, 0.717) is 11.4 Å². The number of rotatable bonds is 2. The summed E-state index contributed by atoms with van der Waals surface area (Å²) >= 11 is 0. The summed E-state index contributed by atoms with van der Waals surface area (Å²) in [6.45, 7) is 0. The second-order valence-electron chi connectivity index (χ2n) is 3.18. The van der Waals surface area contributed by atoms with E-state index in [1.165, 1.54) is 10.9 Å². The van der Waals surface area contributed by atoms with Gasteiger partial charge < -0.3 is 16.7 Å². The summed E-state index contributed by atoms with van der Waals surface area (Å²) in [5.74, 6) is 0.279. The summed E-state index contributed by atoms with van der Waals surface area (Å²) in [6, 6.07) is 9.37. The molecule has 16 heavy (non-hydrogen) atoms. The second kappa shape index (κ2) is 3.93. The largest absolute Gasteiger partial charge is 0.409 e. The van der Waals surface area contributed by atoms with Crippen molar-refractivity contribution in [3.63, 3.8) is 0 Å². The molecule has 1 aromatic heterocycles. The molecule has 0 aliphatic rings. The molecular weight excluding hydrogens is 206 g/mol. The van der Waals surface area contributed by atoms with Gasteiger partial charge in [0.1, 0.15) is 5.82 Å². The zero-order valence-electron chi connectivity index (χ0n) is 8.41. The van der Waals surface area contributed by atoms with Crippen molar-refractivity contribution in [2.75, 3.05) is 5.73 Å². The van der Waals surface area contributed by atoms with Gasteiger partial charge in [-0.05, 0) is 12.1 Å². The van der Waals surface area contributed by atoms with E-state index in [9.17, 15) is 0 Å². The topological polar surface area (TPSA) is 102 Å². The Hall–Kier alpha value is -2.50. The quantitative estimate of drug-likeness (QED) is 0.296. The average molecular weight is 217 g/mol. The Labute approximate surface area is 91.8 Å². The number of nitrogens with zero attached hydrogens (tertiary/aromatic N) is 3. The molecule has 0 aliphatic carbocycles. The van der Waals surface area contributed by atoms with Crippen LogP contribution in [0.15, 0.2) is 41.7 Å². The first kappa shape index (κ1) is 10.0. The number of para-hydroxylation sites is 1. The molecule has 0 fully saturated rings. The second-order valence-corrected chi connectivity index (χ2v) is 3.18. The van der Waals surface area contributed by atoms with Gasteiger partial charge in [0.25, 0.3) is 0 Å². The lowest BCUT2D eigenvalue weighted by atomic mass is 10.3. The molecule has 0 bridgehead atoms. The fourth-order valence-electron chi connectivity index (χ4n) is 1.38. The smallest absolute Gasteiger partial charge is 0.175 e. The molecule has 0 saturated heterocycles. The summed E-state index contributed by atoms with van der Waals surface area (Å²) in [5, 5.41) is 15.5. The van der Waals surface area contributed by atoms with Crippen molar-refractivity contribution >= 4 is 11.7 Å². The predicted molar refractivity (Wildman–Crippen MR) is 60.5 cm³/mol. The van der Waals surface area contributed by atoms with Gasteiger partial charge in [-0.1, -0.05) is 23.4 Å². The number of nitrogen functional groups attached to an aromatic ring is 1. The summed E-state index contributed by atoms with van der Waals surface area (Å²) in [7, 11) is 0. The first-order valence-corrected chi connectivity index (χ1v) is 4.61. The van der Waals surface area contributed by atoms with E-state index in [0.717, 1.165) is 5.69 Å². The van der Waals surface area contributed by atoms with Crippen molar-refractivity contribution < 1.29 is 5.21 Å². The molecule has 0 saturated carbocycles. The Kier molecular flexibility index (Phi) is 2.47. The third-order valence-electron chi connectivity index (χ3n) is 2.19. The van der Waals surface area contributed by atoms with E-state index in [1.807, 2.05) is 30.3 Å². The molecule has 0 aliphatic heterocycles. The zero-order chi connectivity index (χ0) is 11.5. The maximum absolute atomic E-state index is 8.56. The van der Waals surface area contributed by atoms with Gasteiger partial charge in [-0.3, -0.25) is 0 Å². The number of hydrogen-bond donors (Lipinski definition) is 3. The highest BCUT2D eigenvalue weighted by Crippen LogP contribution is 2.16. The van der Waals surface area contributed by atoms with Gasteiger partial charge in [0.05, 0.1) is 17.4 Å². The molecule has 2 aromatic rings. The van der Waals surface area contributed by atoms with E-state index < -0.39 is 0 Å². The molecule has 1 aromatic carbocycles. The van der Waals surface area contributed by atoms with Crippen LogP contribution in [0.3, 0.4) is 0 Å². The van der Waals surface area contributed by atoms with Crippen molar-refractivity contribution in [1.82, 2.24) is 9.78 Å². The van der Waals surface area contributed by atoms with Crippen molar-refractivity contribution in [2.24, 2.45) is 10.9 Å². The number of nitrogens with two attached hydrogens (primary N) is 2. The monoisotopic (exact) mass is 217 g/mol. The minimum atomic E-state index is -0.0559. The molecule has 0 atom stereocenters. The van der Waals surface area contributed by atoms with Crippen LogP contribution >= 0.6 is 0 Å². The zero-order valence-corrected chi connectivity index (χ0v) is 8.41. The Morgan fingerprint density at radius 1 is 1.31 bits per heavy atom. The van der Waals surface area contributed by atoms with Crippen molar-refractivity contribution in [3.8, 4) is 5.69 Å². The average Bonchev–Trinajstić information content (AvgIpc) is 2.71. The molecule has 0 amide bonds. The first-order valence-electron chi connectivity index (χ1n) is 4.61. The molecule has 82 valence electrons. The highest BCUT2D eigenvalue weighted by Gasteiger charge is 2.11. The number of oxime groups is 1. The van der Waals surface area contributed by atoms with Gasteiger partial charge in [-0.2, -0.15) is 5.10 Å². The molecule has 6 nitrogen and oxygen atoms in total. The standard InChI is InChI=1S/C10H11N5O/c11-9(14-16)8-6-13-15(10(8)12)7-4-2-1-3-5-7/h1-6,16H,12H2,(H2,11,14). The molecule has 0 spiro atoms. The number of anilines is 1. The lowest BCUT2D eigenvalue weighted by Crippen LogP contribution is -2.15. The van der Waals surface area contributed by atoms with Crippen LogP contribution in [0.5, 0.6) is 0 Å². The molecule has 6 heteroatoms. The Morgan fingerprint density at radius 3 is 2.62 bits per heavy atom. The van der Waals surface area contributed by atoms with E-state index in [1.54, 1.807) is 0 Å². The molecule has 0 radical (unpaired) electrons. The van der Waals surface area contributed by atoms with Crippen molar-refractivity contribution in [1.29, 1.82) is 0 Å². The first-order chi connectivity index (χ1) is 7.74. The Balaban J connectivity index is 2.50. The summed E-state index contributed by atoms with van der Waals surface area (Å²) in [6.07, 6.45) is 1.46. The summed E-state index contributed by atoms with van der Waals surface area (Å²) in [4.78, 5) is 0. The van der Waals surface area contributed by atoms with Crippen LogP contribution in [0.4, 0.5) is 5.82 Å². The maximum Gasteiger partial charge on any atom is 0.175 e. The van der Waals surface area contributed by atoms with Gasteiger partial charge in [0.15, 0.2) is 5.84 Å². The van der Waals surface area contributed by atoms with Crippen LogP contribution in [0.2, 0.25) is 0 Å². The van der Waals surface area contributed by atoms with E-state index >= 15 is 0 Å². The fourth-order valence-corrected chi connectivity index (χ4v) is 1.38. The van der Waals surface area contributed by atoms with Crippen LogP contribution in [0.1, 0.15) is 5.56 Å². The number of amidine groups is 1. The van der Waals surface area contributed by atoms with E-state index in [4.69, 9.17) is 16.7 Å². The number of hydrogen-bond acceptors (Lipinski definition) is 4. The fraction of sp³-hybridized carbons (Fsp3) is 0. The Morgan fingerprint density at radius 2 is 2.00 bits per heavy atom. The Bertz CT molecular complexity index is 517. The van der Waals surface area contributed by atoms with Gasteiger partial charge in [0, 0.05) is 0 Å². The normalized spacial score (nSPS) is 11.6. The predicted octanol–water partition coefficient (Wildman–Crippen LogP) is 0.549. The van der Waals surface area contributed by atoms with Crippen LogP contribution in [-0.2, 0) is 0 Å². The molecular formula is C10H11N5O. The lowest BCUT2D eigenvalue weighted by Gasteiger charge is -2.03.